The Kier molecular flexibility index (Phi) is 6.05. The molecule has 21 heavy (non-hydrogen) atoms. The van der Waals surface area contributed by atoms with Gasteiger partial charge in [0.05, 0.1) is 0 Å². The minimum atomic E-state index is -4.33. The van der Waals surface area contributed by atoms with Crippen molar-refractivity contribution in [3.63, 3.8) is 0 Å². The fraction of sp³-hybridized carbons (Fsp3) is 0.800. The van der Waals surface area contributed by atoms with Crippen molar-refractivity contribution in [2.45, 2.75) is 64.1 Å². The maximum atomic E-state index is 12.7. The zero-order valence-electron chi connectivity index (χ0n) is 12.4. The highest BCUT2D eigenvalue weighted by Gasteiger charge is 2.35. The first-order valence-corrected chi connectivity index (χ1v) is 8.58. The monoisotopic (exact) mass is 320 g/mol. The van der Waals surface area contributed by atoms with Gasteiger partial charge in [-0.15, -0.1) is 11.3 Å². The molecule has 0 aliphatic heterocycles. The average molecular weight is 320 g/mol. The molecular formula is C15H23F3N2S. The van der Waals surface area contributed by atoms with E-state index in [1.54, 1.807) is 0 Å². The molecule has 1 unspecified atom stereocenters. The van der Waals surface area contributed by atoms with Crippen molar-refractivity contribution in [3.05, 3.63) is 16.1 Å². The van der Waals surface area contributed by atoms with Gasteiger partial charge in [0.2, 0.25) is 0 Å². The molecule has 1 heterocycles. The fourth-order valence-electron chi connectivity index (χ4n) is 2.95. The molecule has 1 aromatic rings. The van der Waals surface area contributed by atoms with Crippen LogP contribution in [-0.2, 0) is 6.18 Å². The van der Waals surface area contributed by atoms with E-state index in [1.165, 1.54) is 38.3 Å². The largest absolute Gasteiger partial charge is 0.443 e. The van der Waals surface area contributed by atoms with Gasteiger partial charge in [0, 0.05) is 17.1 Å². The third-order valence-corrected chi connectivity index (χ3v) is 5.20. The summed E-state index contributed by atoms with van der Waals surface area (Å²) in [5, 5.41) is 2.67. The maximum Gasteiger partial charge on any atom is 0.443 e. The molecule has 2 rings (SSSR count). The molecule has 0 aromatic carbocycles. The summed E-state index contributed by atoms with van der Waals surface area (Å²) in [6, 6.07) is 0.0154. The van der Waals surface area contributed by atoms with Crippen molar-refractivity contribution in [2.75, 3.05) is 6.54 Å². The summed E-state index contributed by atoms with van der Waals surface area (Å²) in [5.74, 6) is 0.629. The standard InChI is InChI=1S/C15H23F3N2S/c1-2-8-19-12(9-11-6-4-3-5-7-11)13-10-20-14(21-13)15(16,17)18/h10-12,19H,2-9H2,1H3. The predicted molar refractivity (Wildman–Crippen MR) is 79.3 cm³/mol. The van der Waals surface area contributed by atoms with Gasteiger partial charge in [0.25, 0.3) is 0 Å². The fourth-order valence-corrected chi connectivity index (χ4v) is 3.83. The lowest BCUT2D eigenvalue weighted by Crippen LogP contribution is -2.24. The third-order valence-electron chi connectivity index (χ3n) is 4.04. The number of nitrogens with zero attached hydrogens (tertiary/aromatic N) is 1. The van der Waals surface area contributed by atoms with Crippen molar-refractivity contribution < 1.29 is 13.2 Å². The maximum absolute atomic E-state index is 12.7. The lowest BCUT2D eigenvalue weighted by Gasteiger charge is -2.26. The van der Waals surface area contributed by atoms with Gasteiger partial charge in [-0.1, -0.05) is 39.0 Å². The van der Waals surface area contributed by atoms with Crippen LogP contribution >= 0.6 is 11.3 Å². The van der Waals surface area contributed by atoms with Crippen molar-refractivity contribution in [2.24, 2.45) is 5.92 Å². The third kappa shape index (κ3) is 4.95. The molecule has 1 aliphatic rings. The Morgan fingerprint density at radius 2 is 2.05 bits per heavy atom. The Labute approximate surface area is 128 Å². The van der Waals surface area contributed by atoms with Gasteiger partial charge in [-0.2, -0.15) is 13.2 Å². The number of thiazole rings is 1. The molecule has 1 N–H and O–H groups in total. The van der Waals surface area contributed by atoms with Gasteiger partial charge in [-0.3, -0.25) is 0 Å². The van der Waals surface area contributed by atoms with Crippen LogP contribution in [0.2, 0.25) is 0 Å². The van der Waals surface area contributed by atoms with E-state index in [4.69, 9.17) is 0 Å². The van der Waals surface area contributed by atoms with Crippen LogP contribution in [0.25, 0.3) is 0 Å². The molecule has 0 amide bonds. The van der Waals surface area contributed by atoms with Gasteiger partial charge in [0.15, 0.2) is 5.01 Å². The van der Waals surface area contributed by atoms with E-state index in [2.05, 4.69) is 17.2 Å². The average Bonchev–Trinajstić information content (AvgIpc) is 2.94. The second-order valence-corrected chi connectivity index (χ2v) is 6.87. The Hall–Kier alpha value is -0.620. The zero-order valence-corrected chi connectivity index (χ0v) is 13.2. The van der Waals surface area contributed by atoms with E-state index in [9.17, 15) is 13.2 Å². The van der Waals surface area contributed by atoms with Crippen LogP contribution in [0.15, 0.2) is 6.20 Å². The van der Waals surface area contributed by atoms with Gasteiger partial charge in [-0.25, -0.2) is 4.98 Å². The van der Waals surface area contributed by atoms with Crippen molar-refractivity contribution in [1.82, 2.24) is 10.3 Å². The minimum Gasteiger partial charge on any atom is -0.309 e. The van der Waals surface area contributed by atoms with Crippen LogP contribution in [0.4, 0.5) is 13.2 Å². The predicted octanol–water partition coefficient (Wildman–Crippen LogP) is 5.17. The summed E-state index contributed by atoms with van der Waals surface area (Å²) in [4.78, 5) is 4.29. The smallest absolute Gasteiger partial charge is 0.309 e. The Balaban J connectivity index is 2.05. The molecule has 0 saturated heterocycles. The Morgan fingerprint density at radius 3 is 2.62 bits per heavy atom. The molecule has 1 saturated carbocycles. The second kappa shape index (κ2) is 7.58. The Morgan fingerprint density at radius 1 is 1.33 bits per heavy atom. The molecule has 1 atom stereocenters. The lowest BCUT2D eigenvalue weighted by atomic mass is 9.84. The zero-order chi connectivity index (χ0) is 15.3. The molecule has 0 radical (unpaired) electrons. The van der Waals surface area contributed by atoms with Crippen LogP contribution in [-0.4, -0.2) is 11.5 Å². The van der Waals surface area contributed by atoms with Crippen LogP contribution in [0.3, 0.4) is 0 Å². The van der Waals surface area contributed by atoms with E-state index in [1.807, 2.05) is 0 Å². The SMILES string of the molecule is CCCNC(CC1CCCCC1)c1cnc(C(F)(F)F)s1. The first kappa shape index (κ1) is 16.7. The van der Waals surface area contributed by atoms with Gasteiger partial charge in [0.1, 0.15) is 0 Å². The molecule has 1 aromatic heterocycles. The topological polar surface area (TPSA) is 24.9 Å². The lowest BCUT2D eigenvalue weighted by molar-refractivity contribution is -0.137. The molecule has 6 heteroatoms. The van der Waals surface area contributed by atoms with Crippen LogP contribution in [0, 0.1) is 5.92 Å². The van der Waals surface area contributed by atoms with Gasteiger partial charge in [-0.05, 0) is 25.3 Å². The molecule has 120 valence electrons. The highest BCUT2D eigenvalue weighted by molar-refractivity contribution is 7.11. The summed E-state index contributed by atoms with van der Waals surface area (Å²) in [7, 11) is 0. The number of nitrogens with one attached hydrogen (secondary N) is 1. The normalized spacial score (nSPS) is 18.9. The molecule has 1 fully saturated rings. The number of rotatable bonds is 6. The van der Waals surface area contributed by atoms with Crippen molar-refractivity contribution >= 4 is 11.3 Å². The Bertz CT molecular complexity index is 425. The van der Waals surface area contributed by atoms with Gasteiger partial charge < -0.3 is 5.32 Å². The summed E-state index contributed by atoms with van der Waals surface area (Å²) in [6.45, 7) is 2.90. The van der Waals surface area contributed by atoms with Crippen LogP contribution < -0.4 is 5.32 Å². The number of alkyl halides is 3. The highest BCUT2D eigenvalue weighted by atomic mass is 32.1. The van der Waals surface area contributed by atoms with E-state index in [0.29, 0.717) is 5.92 Å². The minimum absolute atomic E-state index is 0.0154. The highest BCUT2D eigenvalue weighted by Crippen LogP contribution is 2.37. The van der Waals surface area contributed by atoms with E-state index < -0.39 is 11.2 Å². The summed E-state index contributed by atoms with van der Waals surface area (Å²) in [5.41, 5.74) is 0. The summed E-state index contributed by atoms with van der Waals surface area (Å²) in [6.07, 6.45) is 5.19. The van der Waals surface area contributed by atoms with E-state index in [0.717, 1.165) is 35.6 Å². The van der Waals surface area contributed by atoms with Crippen LogP contribution in [0.5, 0.6) is 0 Å². The summed E-state index contributed by atoms with van der Waals surface area (Å²) < 4.78 is 38.1. The second-order valence-electron chi connectivity index (χ2n) is 5.81. The number of aromatic nitrogens is 1. The van der Waals surface area contributed by atoms with E-state index in [-0.39, 0.29) is 6.04 Å². The molecule has 1 aliphatic carbocycles. The molecular weight excluding hydrogens is 297 g/mol. The molecule has 0 bridgehead atoms. The van der Waals surface area contributed by atoms with E-state index >= 15 is 0 Å². The number of hydrogen-bond donors (Lipinski definition) is 1. The number of hydrogen-bond acceptors (Lipinski definition) is 3. The van der Waals surface area contributed by atoms with Crippen LogP contribution in [0.1, 0.15) is 67.8 Å². The van der Waals surface area contributed by atoms with Crippen molar-refractivity contribution in [3.8, 4) is 0 Å². The first-order chi connectivity index (χ1) is 10.0. The summed E-state index contributed by atoms with van der Waals surface area (Å²) >= 11 is 0.788. The van der Waals surface area contributed by atoms with Crippen molar-refractivity contribution in [1.29, 1.82) is 0 Å². The molecule has 0 spiro atoms. The number of halogens is 3. The van der Waals surface area contributed by atoms with Gasteiger partial charge >= 0.3 is 6.18 Å². The molecule has 2 nitrogen and oxygen atoms in total. The first-order valence-electron chi connectivity index (χ1n) is 7.77. The quantitative estimate of drug-likeness (QED) is 0.782.